The van der Waals surface area contributed by atoms with Gasteiger partial charge in [-0.2, -0.15) is 0 Å². The fraction of sp³-hybridized carbons (Fsp3) is 0.111. The summed E-state index contributed by atoms with van der Waals surface area (Å²) in [6, 6.07) is 19.9. The Balaban J connectivity index is 1.96. The lowest BCUT2D eigenvalue weighted by Gasteiger charge is -2.03. The van der Waals surface area contributed by atoms with Gasteiger partial charge in [-0.3, -0.25) is 5.21 Å². The van der Waals surface area contributed by atoms with E-state index in [0.717, 1.165) is 27.1 Å². The van der Waals surface area contributed by atoms with Crippen LogP contribution in [0.15, 0.2) is 65.7 Å². The number of hydroxylamine groups is 1. The number of para-hydroxylation sites is 1. The third-order valence-electron chi connectivity index (χ3n) is 3.39. The molecule has 0 radical (unpaired) electrons. The largest absolute Gasteiger partial charge is 0.290 e. The van der Waals surface area contributed by atoms with E-state index in [1.54, 1.807) is 18.0 Å². The molecular formula is C18H17N2OS+. The van der Waals surface area contributed by atoms with E-state index in [1.165, 1.54) is 4.74 Å². The summed E-state index contributed by atoms with van der Waals surface area (Å²) >= 11 is 1.58. The number of rotatable bonds is 4. The second kappa shape index (κ2) is 6.62. The van der Waals surface area contributed by atoms with E-state index >= 15 is 0 Å². The predicted molar refractivity (Wildman–Crippen MR) is 90.9 cm³/mol. The number of hydrogen-bond acceptors (Lipinski definition) is 3. The molecule has 1 aromatic heterocycles. The van der Waals surface area contributed by atoms with Crippen LogP contribution in [0.1, 0.15) is 11.1 Å². The number of benzene rings is 2. The van der Waals surface area contributed by atoms with Crippen molar-refractivity contribution in [3.63, 3.8) is 0 Å². The summed E-state index contributed by atoms with van der Waals surface area (Å²) in [4.78, 5) is 4.65. The summed E-state index contributed by atoms with van der Waals surface area (Å²) in [5.41, 5.74) is 2.95. The summed E-state index contributed by atoms with van der Waals surface area (Å²) in [6.07, 6.45) is 3.73. The molecular weight excluding hydrogens is 292 g/mol. The van der Waals surface area contributed by atoms with Crippen molar-refractivity contribution in [3.05, 3.63) is 71.8 Å². The molecule has 3 nitrogen and oxygen atoms in total. The van der Waals surface area contributed by atoms with E-state index in [2.05, 4.69) is 11.1 Å². The molecule has 0 aliphatic rings. The van der Waals surface area contributed by atoms with Crippen LogP contribution in [0, 0.1) is 0 Å². The van der Waals surface area contributed by atoms with Crippen molar-refractivity contribution in [1.82, 2.24) is 4.98 Å². The van der Waals surface area contributed by atoms with Crippen LogP contribution in [0.2, 0.25) is 0 Å². The highest BCUT2D eigenvalue weighted by atomic mass is 32.2. The van der Waals surface area contributed by atoms with Gasteiger partial charge in [0.05, 0.1) is 11.1 Å². The number of thioether (sulfide) groups is 1. The highest BCUT2D eigenvalue weighted by Gasteiger charge is 2.10. The Morgan fingerprint density at radius 2 is 1.82 bits per heavy atom. The highest BCUT2D eigenvalue weighted by molar-refractivity contribution is 7.98. The standard InChI is InChI=1S/C18H17N2OS/c1-22-18-16(11-15-9-5-6-10-17(15)19-18)13-20(21)12-14-7-3-2-4-8-14/h2-11,13,21H,12H2,1H3/q+1. The van der Waals surface area contributed by atoms with E-state index in [0.29, 0.717) is 6.54 Å². The molecule has 0 fully saturated rings. The second-order valence-electron chi connectivity index (χ2n) is 4.99. The van der Waals surface area contributed by atoms with Gasteiger partial charge in [0.15, 0.2) is 0 Å². The van der Waals surface area contributed by atoms with Crippen LogP contribution >= 0.6 is 11.8 Å². The summed E-state index contributed by atoms with van der Waals surface area (Å²) in [6.45, 7) is 0.446. The molecule has 3 aromatic rings. The molecule has 0 atom stereocenters. The molecule has 22 heavy (non-hydrogen) atoms. The van der Waals surface area contributed by atoms with Crippen LogP contribution in [0.5, 0.6) is 0 Å². The average Bonchev–Trinajstić information content (AvgIpc) is 2.55. The molecule has 0 bridgehead atoms. The maximum absolute atomic E-state index is 10.2. The Kier molecular flexibility index (Phi) is 4.39. The first-order valence-electron chi connectivity index (χ1n) is 7.04. The van der Waals surface area contributed by atoms with E-state index in [9.17, 15) is 5.21 Å². The summed E-state index contributed by atoms with van der Waals surface area (Å²) in [5, 5.41) is 12.2. The van der Waals surface area contributed by atoms with Gasteiger partial charge in [-0.1, -0.05) is 48.5 Å². The van der Waals surface area contributed by atoms with E-state index in [-0.39, 0.29) is 0 Å². The van der Waals surface area contributed by atoms with Crippen molar-refractivity contribution in [3.8, 4) is 0 Å². The average molecular weight is 309 g/mol. The molecule has 4 heteroatoms. The zero-order valence-electron chi connectivity index (χ0n) is 12.3. The van der Waals surface area contributed by atoms with Gasteiger partial charge in [-0.05, 0) is 23.1 Å². The van der Waals surface area contributed by atoms with Crippen LogP contribution in [0.3, 0.4) is 0 Å². The number of fused-ring (bicyclic) bond motifs is 1. The molecule has 2 aromatic carbocycles. The van der Waals surface area contributed by atoms with Crippen LogP contribution in [0.4, 0.5) is 0 Å². The molecule has 0 amide bonds. The SMILES string of the molecule is CSc1nc2ccccc2cc1C=[N+](O)Cc1ccccc1. The lowest BCUT2D eigenvalue weighted by atomic mass is 10.2. The van der Waals surface area contributed by atoms with Crippen molar-refractivity contribution >= 4 is 28.9 Å². The second-order valence-corrected chi connectivity index (χ2v) is 5.79. The molecule has 1 heterocycles. The van der Waals surface area contributed by atoms with Gasteiger partial charge in [0.25, 0.3) is 0 Å². The maximum Gasteiger partial charge on any atom is 0.225 e. The van der Waals surface area contributed by atoms with Gasteiger partial charge in [-0.15, -0.1) is 11.8 Å². The Bertz CT molecular complexity index is 816. The molecule has 0 spiro atoms. The number of nitrogens with zero attached hydrogens (tertiary/aromatic N) is 2. The first kappa shape index (κ1) is 14.6. The highest BCUT2D eigenvalue weighted by Crippen LogP contribution is 2.22. The van der Waals surface area contributed by atoms with Gasteiger partial charge in [0.2, 0.25) is 12.8 Å². The molecule has 0 saturated carbocycles. The molecule has 0 aliphatic carbocycles. The summed E-state index contributed by atoms with van der Waals surface area (Å²) < 4.78 is 1.21. The topological polar surface area (TPSA) is 36.1 Å². The molecule has 1 N–H and O–H groups in total. The first-order chi connectivity index (χ1) is 10.8. The van der Waals surface area contributed by atoms with Crippen LogP contribution in [-0.4, -0.2) is 27.4 Å². The third kappa shape index (κ3) is 3.28. The molecule has 0 saturated heterocycles. The van der Waals surface area contributed by atoms with Gasteiger partial charge < -0.3 is 0 Å². The quantitative estimate of drug-likeness (QED) is 0.260. The molecule has 0 unspecified atom stereocenters. The Labute approximate surface area is 133 Å². The molecule has 3 rings (SSSR count). The molecule has 110 valence electrons. The predicted octanol–water partition coefficient (Wildman–Crippen LogP) is 3.98. The van der Waals surface area contributed by atoms with Gasteiger partial charge in [-0.25, -0.2) is 4.98 Å². The Morgan fingerprint density at radius 3 is 2.59 bits per heavy atom. The Hall–Kier alpha value is -2.33. The summed E-state index contributed by atoms with van der Waals surface area (Å²) in [7, 11) is 0. The Morgan fingerprint density at radius 1 is 1.09 bits per heavy atom. The number of pyridine rings is 1. The lowest BCUT2D eigenvalue weighted by Crippen LogP contribution is -2.09. The fourth-order valence-electron chi connectivity index (χ4n) is 2.35. The van der Waals surface area contributed by atoms with Crippen LogP contribution in [0.25, 0.3) is 10.9 Å². The van der Waals surface area contributed by atoms with Gasteiger partial charge >= 0.3 is 0 Å². The normalized spacial score (nSPS) is 11.8. The third-order valence-corrected chi connectivity index (χ3v) is 4.10. The minimum absolute atomic E-state index is 0.446. The van der Waals surface area contributed by atoms with Gasteiger partial charge in [0, 0.05) is 10.9 Å². The number of aromatic nitrogens is 1. The zero-order chi connectivity index (χ0) is 15.4. The van der Waals surface area contributed by atoms with E-state index < -0.39 is 0 Å². The van der Waals surface area contributed by atoms with Crippen molar-refractivity contribution < 1.29 is 9.95 Å². The smallest absolute Gasteiger partial charge is 0.225 e. The van der Waals surface area contributed by atoms with Crippen molar-refractivity contribution in [1.29, 1.82) is 0 Å². The maximum atomic E-state index is 10.2. The molecule has 0 aliphatic heterocycles. The fourth-order valence-corrected chi connectivity index (χ4v) is 2.88. The number of hydrogen-bond donors (Lipinski definition) is 1. The minimum Gasteiger partial charge on any atom is -0.290 e. The monoisotopic (exact) mass is 309 g/mol. The van der Waals surface area contributed by atoms with E-state index in [4.69, 9.17) is 0 Å². The van der Waals surface area contributed by atoms with Gasteiger partial charge in [0.1, 0.15) is 5.03 Å². The zero-order valence-corrected chi connectivity index (χ0v) is 13.1. The van der Waals surface area contributed by atoms with E-state index in [1.807, 2.05) is 60.9 Å². The first-order valence-corrected chi connectivity index (χ1v) is 8.27. The van der Waals surface area contributed by atoms with Crippen molar-refractivity contribution in [2.75, 3.05) is 6.26 Å². The van der Waals surface area contributed by atoms with Crippen LogP contribution in [-0.2, 0) is 6.54 Å². The van der Waals surface area contributed by atoms with Crippen molar-refractivity contribution in [2.24, 2.45) is 0 Å². The van der Waals surface area contributed by atoms with Crippen LogP contribution < -0.4 is 0 Å². The lowest BCUT2D eigenvalue weighted by molar-refractivity contribution is -0.783. The minimum atomic E-state index is 0.446. The summed E-state index contributed by atoms with van der Waals surface area (Å²) in [5.74, 6) is 0. The van der Waals surface area contributed by atoms with Crippen molar-refractivity contribution in [2.45, 2.75) is 11.6 Å².